The molecule has 1 fully saturated rings. The Morgan fingerprint density at radius 3 is 2.59 bits per heavy atom. The Morgan fingerprint density at radius 1 is 1.25 bits per heavy atom. The lowest BCUT2D eigenvalue weighted by atomic mass is 10.0. The molecule has 2 aliphatic heterocycles. The van der Waals surface area contributed by atoms with Crippen LogP contribution < -0.4 is 10.9 Å². The number of rotatable bonds is 7. The highest BCUT2D eigenvalue weighted by Gasteiger charge is 2.54. The molecule has 3 rings (SSSR count). The number of carboxylic acid groups (broad SMARTS) is 1. The molecule has 1 saturated heterocycles. The van der Waals surface area contributed by atoms with Crippen molar-refractivity contribution in [3.05, 3.63) is 45.5 Å². The Hall–Kier alpha value is -3.61. The number of nitrogens with one attached hydrogen (secondary N) is 1. The molecular formula is C19H19N3O9S. The normalized spacial score (nSPS) is 19.6. The highest BCUT2D eigenvalue weighted by molar-refractivity contribution is 8.00. The van der Waals surface area contributed by atoms with Gasteiger partial charge in [-0.15, -0.1) is 11.8 Å². The van der Waals surface area contributed by atoms with Crippen LogP contribution in [0.3, 0.4) is 0 Å². The Morgan fingerprint density at radius 2 is 1.97 bits per heavy atom. The molecule has 2 atom stereocenters. The Bertz CT molecular complexity index is 1090. The summed E-state index contributed by atoms with van der Waals surface area (Å²) < 4.78 is 10.4. The van der Waals surface area contributed by atoms with Crippen molar-refractivity contribution in [1.29, 1.82) is 0 Å². The first-order chi connectivity index (χ1) is 15.1. The van der Waals surface area contributed by atoms with Crippen molar-refractivity contribution >= 4 is 41.5 Å². The van der Waals surface area contributed by atoms with Crippen molar-refractivity contribution in [2.75, 3.05) is 19.5 Å². The number of pyridine rings is 1. The van der Waals surface area contributed by atoms with E-state index in [2.05, 4.69) is 10.1 Å². The number of fused-ring (bicyclic) bond motifs is 1. The molecule has 0 saturated carbocycles. The van der Waals surface area contributed by atoms with Crippen LogP contribution in [0.4, 0.5) is 0 Å². The molecule has 32 heavy (non-hydrogen) atoms. The summed E-state index contributed by atoms with van der Waals surface area (Å²) in [4.78, 5) is 72.9. The van der Waals surface area contributed by atoms with Gasteiger partial charge in [0.25, 0.3) is 11.5 Å². The van der Waals surface area contributed by atoms with Crippen molar-refractivity contribution in [1.82, 2.24) is 14.8 Å². The number of esters is 2. The third kappa shape index (κ3) is 4.37. The molecule has 2 aliphatic rings. The zero-order chi connectivity index (χ0) is 23.6. The van der Waals surface area contributed by atoms with E-state index in [0.717, 1.165) is 16.6 Å². The number of aromatic nitrogens is 1. The van der Waals surface area contributed by atoms with Gasteiger partial charge in [-0.3, -0.25) is 28.6 Å². The zero-order valence-electron chi connectivity index (χ0n) is 17.0. The first kappa shape index (κ1) is 23.1. The van der Waals surface area contributed by atoms with Gasteiger partial charge in [0.15, 0.2) is 0 Å². The third-order valence-corrected chi connectivity index (χ3v) is 6.10. The Balaban J connectivity index is 1.74. The van der Waals surface area contributed by atoms with Crippen LogP contribution in [0.1, 0.15) is 17.4 Å². The van der Waals surface area contributed by atoms with E-state index in [-0.39, 0.29) is 29.3 Å². The van der Waals surface area contributed by atoms with Crippen molar-refractivity contribution in [2.45, 2.75) is 24.9 Å². The SMILES string of the molecule is COC(=O)c1cccc(=O)n1CC(=O)N[C@@H]1C(=O)N2C(C(=O)O)=C(COC(C)=O)CS[C@H]12. The molecule has 0 bridgehead atoms. The molecule has 0 aromatic carbocycles. The number of β-lactam (4-membered cyclic amide) rings is 1. The average Bonchev–Trinajstić information content (AvgIpc) is 2.75. The highest BCUT2D eigenvalue weighted by atomic mass is 32.2. The Labute approximate surface area is 185 Å². The number of amides is 2. The van der Waals surface area contributed by atoms with E-state index >= 15 is 0 Å². The summed E-state index contributed by atoms with van der Waals surface area (Å²) in [5.74, 6) is -3.93. The van der Waals surface area contributed by atoms with Crippen LogP contribution in [-0.2, 0) is 35.2 Å². The molecule has 12 nitrogen and oxygen atoms in total. The maximum Gasteiger partial charge on any atom is 0.354 e. The second-order valence-corrected chi connectivity index (χ2v) is 7.92. The molecule has 0 spiro atoms. The first-order valence-electron chi connectivity index (χ1n) is 9.26. The summed E-state index contributed by atoms with van der Waals surface area (Å²) in [7, 11) is 1.13. The number of thioether (sulfide) groups is 1. The molecule has 13 heteroatoms. The fourth-order valence-electron chi connectivity index (χ4n) is 3.31. The van der Waals surface area contributed by atoms with Gasteiger partial charge in [0.1, 0.15) is 36.0 Å². The van der Waals surface area contributed by atoms with E-state index in [1.165, 1.54) is 36.9 Å². The van der Waals surface area contributed by atoms with Gasteiger partial charge in [-0.25, -0.2) is 9.59 Å². The average molecular weight is 465 g/mol. The van der Waals surface area contributed by atoms with Crippen molar-refractivity contribution in [3.8, 4) is 0 Å². The topological polar surface area (TPSA) is 161 Å². The Kier molecular flexibility index (Phi) is 6.67. The van der Waals surface area contributed by atoms with E-state index < -0.39 is 53.2 Å². The lowest BCUT2D eigenvalue weighted by Crippen LogP contribution is -2.70. The minimum absolute atomic E-state index is 0.130. The quantitative estimate of drug-likeness (QED) is 0.375. The van der Waals surface area contributed by atoms with Gasteiger partial charge in [0.05, 0.1) is 7.11 Å². The van der Waals surface area contributed by atoms with E-state index in [9.17, 15) is 33.9 Å². The molecule has 1 aromatic heterocycles. The number of carbonyl (C=O) groups excluding carboxylic acids is 4. The minimum Gasteiger partial charge on any atom is -0.477 e. The van der Waals surface area contributed by atoms with E-state index in [4.69, 9.17) is 4.74 Å². The molecule has 0 unspecified atom stereocenters. The number of aliphatic carboxylic acids is 1. The summed E-state index contributed by atoms with van der Waals surface area (Å²) >= 11 is 1.20. The molecule has 1 aromatic rings. The fraction of sp³-hybridized carbons (Fsp3) is 0.368. The summed E-state index contributed by atoms with van der Waals surface area (Å²) in [6.07, 6.45) is 0. The summed E-state index contributed by atoms with van der Waals surface area (Å²) in [5.41, 5.74) is -0.749. The van der Waals surface area contributed by atoms with Crippen molar-refractivity contribution in [2.24, 2.45) is 0 Å². The molecule has 170 valence electrons. The van der Waals surface area contributed by atoms with Crippen LogP contribution in [0.25, 0.3) is 0 Å². The van der Waals surface area contributed by atoms with Crippen LogP contribution in [0.5, 0.6) is 0 Å². The maximum absolute atomic E-state index is 12.6. The molecular weight excluding hydrogens is 446 g/mol. The molecule has 2 N–H and O–H groups in total. The van der Waals surface area contributed by atoms with E-state index in [0.29, 0.717) is 0 Å². The smallest absolute Gasteiger partial charge is 0.354 e. The van der Waals surface area contributed by atoms with Gasteiger partial charge in [-0.05, 0) is 6.07 Å². The standard InChI is InChI=1S/C19H19N3O9S/c1-9(23)31-7-10-8-32-17-14(16(26)22(17)15(10)18(27)28)20-12(24)6-21-11(19(29)30-2)4-3-5-13(21)25/h3-5,14,17H,6-8H2,1-2H3,(H,20,24)(H,27,28)/t14-,17-/m1/s1. The van der Waals surface area contributed by atoms with Crippen LogP contribution in [0.15, 0.2) is 34.3 Å². The van der Waals surface area contributed by atoms with Gasteiger partial charge >= 0.3 is 17.9 Å². The van der Waals surface area contributed by atoms with Gasteiger partial charge in [-0.1, -0.05) is 6.07 Å². The van der Waals surface area contributed by atoms with E-state index in [1.54, 1.807) is 0 Å². The first-order valence-corrected chi connectivity index (χ1v) is 10.3. The second kappa shape index (κ2) is 9.26. The van der Waals surface area contributed by atoms with E-state index in [1.807, 2.05) is 0 Å². The van der Waals surface area contributed by atoms with Gasteiger partial charge in [-0.2, -0.15) is 0 Å². The second-order valence-electron chi connectivity index (χ2n) is 6.82. The zero-order valence-corrected chi connectivity index (χ0v) is 17.8. The number of carbonyl (C=O) groups is 5. The number of nitrogens with zero attached hydrogens (tertiary/aromatic N) is 2. The van der Waals surface area contributed by atoms with Gasteiger partial charge in [0, 0.05) is 24.3 Å². The van der Waals surface area contributed by atoms with Crippen LogP contribution in [0.2, 0.25) is 0 Å². The van der Waals surface area contributed by atoms with Crippen LogP contribution >= 0.6 is 11.8 Å². The number of carboxylic acids is 1. The van der Waals surface area contributed by atoms with Crippen LogP contribution in [-0.4, -0.2) is 75.2 Å². The minimum atomic E-state index is -1.35. The van der Waals surface area contributed by atoms with Crippen LogP contribution in [0, 0.1) is 0 Å². The monoisotopic (exact) mass is 465 g/mol. The van der Waals surface area contributed by atoms with Crippen molar-refractivity contribution < 1.29 is 38.6 Å². The molecule has 0 aliphatic carbocycles. The summed E-state index contributed by atoms with van der Waals surface area (Å²) in [6, 6.07) is 2.82. The molecule has 3 heterocycles. The summed E-state index contributed by atoms with van der Waals surface area (Å²) in [5, 5.41) is 11.4. The van der Waals surface area contributed by atoms with Gasteiger partial charge < -0.3 is 19.9 Å². The number of hydrogen-bond donors (Lipinski definition) is 2. The third-order valence-electron chi connectivity index (χ3n) is 4.76. The lowest BCUT2D eigenvalue weighted by Gasteiger charge is -2.49. The van der Waals surface area contributed by atoms with Crippen molar-refractivity contribution in [3.63, 3.8) is 0 Å². The van der Waals surface area contributed by atoms with Gasteiger partial charge in [0.2, 0.25) is 5.91 Å². The number of methoxy groups -OCH3 is 1. The fourth-order valence-corrected chi connectivity index (χ4v) is 4.64. The highest BCUT2D eigenvalue weighted by Crippen LogP contribution is 2.40. The summed E-state index contributed by atoms with van der Waals surface area (Å²) in [6.45, 7) is 0.388. The lowest BCUT2D eigenvalue weighted by molar-refractivity contribution is -0.151. The maximum atomic E-state index is 12.6. The molecule has 0 radical (unpaired) electrons. The largest absolute Gasteiger partial charge is 0.477 e. The molecule has 2 amide bonds. The number of ether oxygens (including phenoxy) is 2. The predicted molar refractivity (Wildman–Crippen MR) is 108 cm³/mol. The predicted octanol–water partition coefficient (Wildman–Crippen LogP) is -1.06. The number of hydrogen-bond acceptors (Lipinski definition) is 9.